The number of aromatic amines is 1. The zero-order chi connectivity index (χ0) is 18.1. The number of benzene rings is 2. The Morgan fingerprint density at radius 1 is 1.28 bits per heavy atom. The summed E-state index contributed by atoms with van der Waals surface area (Å²) in [5.74, 6) is -1.12. The van der Waals surface area contributed by atoms with Crippen molar-refractivity contribution < 1.29 is 9.18 Å². The zero-order valence-corrected chi connectivity index (χ0v) is 14.0. The van der Waals surface area contributed by atoms with Crippen molar-refractivity contribution >= 4 is 34.1 Å². The molecule has 5 nitrogen and oxygen atoms in total. The molecule has 0 fully saturated rings. The molecule has 3 rings (SSSR count). The second kappa shape index (κ2) is 6.57. The smallest absolute Gasteiger partial charge is 0.253 e. The Balaban J connectivity index is 1.97. The Morgan fingerprint density at radius 3 is 2.76 bits per heavy atom. The van der Waals surface area contributed by atoms with E-state index in [2.05, 4.69) is 10.3 Å². The molecule has 0 radical (unpaired) electrons. The first-order valence-electron chi connectivity index (χ1n) is 7.54. The van der Waals surface area contributed by atoms with Gasteiger partial charge in [0.15, 0.2) is 0 Å². The number of carbonyl (C=O) groups excluding carboxylic acids is 1. The summed E-state index contributed by atoms with van der Waals surface area (Å²) >= 11 is 5.90. The molecule has 1 aromatic heterocycles. The van der Waals surface area contributed by atoms with E-state index >= 15 is 0 Å². The van der Waals surface area contributed by atoms with E-state index in [-0.39, 0.29) is 22.1 Å². The Hall–Kier alpha value is -2.86. The van der Waals surface area contributed by atoms with Gasteiger partial charge < -0.3 is 16.0 Å². The van der Waals surface area contributed by atoms with Gasteiger partial charge in [-0.2, -0.15) is 0 Å². The van der Waals surface area contributed by atoms with E-state index in [1.807, 2.05) is 0 Å². The quantitative estimate of drug-likeness (QED) is 0.665. The molecular weight excluding hydrogens is 345 g/mol. The molecule has 7 heteroatoms. The first-order chi connectivity index (χ1) is 11.9. The lowest BCUT2D eigenvalue weighted by Crippen LogP contribution is -2.20. The molecule has 1 heterocycles. The molecule has 2 aromatic carbocycles. The number of primary amides is 1. The van der Waals surface area contributed by atoms with Gasteiger partial charge in [0.2, 0.25) is 5.91 Å². The highest BCUT2D eigenvalue weighted by atomic mass is 35.5. The molecule has 0 saturated heterocycles. The molecule has 0 spiro atoms. The zero-order valence-electron chi connectivity index (χ0n) is 13.3. The number of anilines is 1. The molecule has 25 heavy (non-hydrogen) atoms. The molecule has 0 bridgehead atoms. The van der Waals surface area contributed by atoms with E-state index < -0.39 is 11.7 Å². The van der Waals surface area contributed by atoms with Crippen molar-refractivity contribution in [1.82, 2.24) is 4.98 Å². The van der Waals surface area contributed by atoms with Crippen molar-refractivity contribution in [3.8, 4) is 0 Å². The molecule has 0 saturated carbocycles. The summed E-state index contributed by atoms with van der Waals surface area (Å²) in [6.07, 6.45) is 0. The third-order valence-corrected chi connectivity index (χ3v) is 4.31. The summed E-state index contributed by atoms with van der Waals surface area (Å²) in [4.78, 5) is 26.2. The minimum absolute atomic E-state index is 0.115. The van der Waals surface area contributed by atoms with E-state index in [1.54, 1.807) is 43.3 Å². The average Bonchev–Trinajstić information content (AvgIpc) is 2.58. The van der Waals surface area contributed by atoms with E-state index in [4.69, 9.17) is 17.3 Å². The number of aromatic nitrogens is 1. The number of nitrogens with two attached hydrogens (primary N) is 1. The van der Waals surface area contributed by atoms with E-state index in [9.17, 15) is 14.0 Å². The van der Waals surface area contributed by atoms with E-state index in [1.165, 1.54) is 6.07 Å². The minimum Gasteiger partial charge on any atom is -0.378 e. The van der Waals surface area contributed by atoms with Crippen LogP contribution in [0, 0.1) is 5.82 Å². The maximum atomic E-state index is 13.5. The molecule has 3 aromatic rings. The van der Waals surface area contributed by atoms with Crippen LogP contribution in [0.25, 0.3) is 10.9 Å². The van der Waals surface area contributed by atoms with Crippen molar-refractivity contribution in [3.05, 3.63) is 74.8 Å². The van der Waals surface area contributed by atoms with Gasteiger partial charge >= 0.3 is 0 Å². The highest BCUT2D eigenvalue weighted by Crippen LogP contribution is 2.26. The number of amides is 1. The van der Waals surface area contributed by atoms with Crippen molar-refractivity contribution in [2.24, 2.45) is 5.73 Å². The number of hydrogen-bond donors (Lipinski definition) is 3. The second-order valence-electron chi connectivity index (χ2n) is 5.69. The topological polar surface area (TPSA) is 88.0 Å². The van der Waals surface area contributed by atoms with Gasteiger partial charge in [-0.1, -0.05) is 17.7 Å². The average molecular weight is 360 g/mol. The normalized spacial score (nSPS) is 12.1. The summed E-state index contributed by atoms with van der Waals surface area (Å²) in [7, 11) is 0. The molecule has 0 aliphatic heterocycles. The minimum atomic E-state index is -0.591. The van der Waals surface area contributed by atoms with Gasteiger partial charge in [0.05, 0.1) is 11.6 Å². The molecule has 0 unspecified atom stereocenters. The fraction of sp³-hybridized carbons (Fsp3) is 0.111. The molecule has 0 aliphatic carbocycles. The van der Waals surface area contributed by atoms with Crippen LogP contribution in [0.4, 0.5) is 10.1 Å². The maximum Gasteiger partial charge on any atom is 0.253 e. The van der Waals surface area contributed by atoms with Crippen LogP contribution < -0.4 is 16.6 Å². The fourth-order valence-corrected chi connectivity index (χ4v) is 2.86. The van der Waals surface area contributed by atoms with Crippen LogP contribution in [0.3, 0.4) is 0 Å². The predicted octanol–water partition coefficient (Wildman–Crippen LogP) is 3.59. The summed E-state index contributed by atoms with van der Waals surface area (Å²) in [6.45, 7) is 1.80. The van der Waals surface area contributed by atoms with Crippen LogP contribution >= 0.6 is 11.6 Å². The Bertz CT molecular complexity index is 1030. The lowest BCUT2D eigenvalue weighted by atomic mass is 10.1. The Labute approximate surface area is 147 Å². The number of carbonyl (C=O) groups is 1. The number of fused-ring (bicyclic) bond motifs is 1. The number of halogens is 2. The van der Waals surface area contributed by atoms with Gasteiger partial charge in [-0.15, -0.1) is 0 Å². The standard InChI is InChI=1S/C18H15ClFN3O2/c1-9(22-12-4-2-3-11(7-12)17(21)24)13-8-10-5-6-14(20)15(19)16(10)23-18(13)25/h2-9,22H,1H3,(H2,21,24)(H,23,25)/t9-/m0/s1. The molecule has 128 valence electrons. The van der Waals surface area contributed by atoms with Crippen LogP contribution in [0.1, 0.15) is 28.9 Å². The monoisotopic (exact) mass is 359 g/mol. The summed E-state index contributed by atoms with van der Waals surface area (Å²) in [5.41, 5.74) is 6.64. The lowest BCUT2D eigenvalue weighted by molar-refractivity contribution is 0.100. The third-order valence-electron chi connectivity index (χ3n) is 3.94. The number of H-pyrrole nitrogens is 1. The summed E-state index contributed by atoms with van der Waals surface area (Å²) in [6, 6.07) is 10.8. The van der Waals surface area contributed by atoms with Crippen molar-refractivity contribution in [3.63, 3.8) is 0 Å². The van der Waals surface area contributed by atoms with E-state index in [0.717, 1.165) is 0 Å². The summed E-state index contributed by atoms with van der Waals surface area (Å²) < 4.78 is 13.5. The third kappa shape index (κ3) is 3.34. The first kappa shape index (κ1) is 17.0. The van der Waals surface area contributed by atoms with Gasteiger partial charge in [0, 0.05) is 22.2 Å². The van der Waals surface area contributed by atoms with Gasteiger partial charge in [-0.05, 0) is 43.3 Å². The van der Waals surface area contributed by atoms with Crippen LogP contribution in [-0.4, -0.2) is 10.9 Å². The Kier molecular flexibility index (Phi) is 4.46. The number of nitrogens with one attached hydrogen (secondary N) is 2. The van der Waals surface area contributed by atoms with Crippen molar-refractivity contribution in [2.45, 2.75) is 13.0 Å². The largest absolute Gasteiger partial charge is 0.378 e. The molecule has 0 aliphatic rings. The maximum absolute atomic E-state index is 13.5. The van der Waals surface area contributed by atoms with Crippen LogP contribution in [0.5, 0.6) is 0 Å². The van der Waals surface area contributed by atoms with Gasteiger partial charge in [-0.25, -0.2) is 4.39 Å². The second-order valence-corrected chi connectivity index (χ2v) is 6.07. The van der Waals surface area contributed by atoms with Crippen LogP contribution in [-0.2, 0) is 0 Å². The lowest BCUT2D eigenvalue weighted by Gasteiger charge is -2.16. The molecule has 1 atom stereocenters. The van der Waals surface area contributed by atoms with Gasteiger partial charge in [0.25, 0.3) is 5.56 Å². The molecule has 1 amide bonds. The highest BCUT2D eigenvalue weighted by molar-refractivity contribution is 6.35. The van der Waals surface area contributed by atoms with Crippen LogP contribution in [0.15, 0.2) is 47.3 Å². The van der Waals surface area contributed by atoms with Crippen molar-refractivity contribution in [2.75, 3.05) is 5.32 Å². The predicted molar refractivity (Wildman–Crippen MR) is 96.5 cm³/mol. The number of rotatable bonds is 4. The van der Waals surface area contributed by atoms with E-state index in [0.29, 0.717) is 22.2 Å². The number of pyridine rings is 1. The number of hydrogen-bond acceptors (Lipinski definition) is 3. The highest BCUT2D eigenvalue weighted by Gasteiger charge is 2.14. The van der Waals surface area contributed by atoms with Gasteiger partial charge in [0.1, 0.15) is 10.8 Å². The SMILES string of the molecule is C[C@H](Nc1cccc(C(N)=O)c1)c1cc2ccc(F)c(Cl)c2[nH]c1=O. The summed E-state index contributed by atoms with van der Waals surface area (Å²) in [5, 5.41) is 3.66. The molecular formula is C18H15ClFN3O2. The first-order valence-corrected chi connectivity index (χ1v) is 7.92. The van der Waals surface area contributed by atoms with Crippen molar-refractivity contribution in [1.29, 1.82) is 0 Å². The van der Waals surface area contributed by atoms with Gasteiger partial charge in [-0.3, -0.25) is 9.59 Å². The fourth-order valence-electron chi connectivity index (χ4n) is 2.64. The Morgan fingerprint density at radius 2 is 2.04 bits per heavy atom. The van der Waals surface area contributed by atoms with Crippen LogP contribution in [0.2, 0.25) is 5.02 Å². The molecule has 4 N–H and O–H groups in total.